The minimum Gasteiger partial charge on any atom is -0.479 e. The molecule has 0 fully saturated rings. The highest BCUT2D eigenvalue weighted by molar-refractivity contribution is 6.05. The number of nitrogens with two attached hydrogens (primary N) is 1. The van der Waals surface area contributed by atoms with Gasteiger partial charge in [-0.2, -0.15) is 0 Å². The van der Waals surface area contributed by atoms with E-state index in [9.17, 15) is 19.5 Å². The molecule has 2 aromatic heterocycles. The van der Waals surface area contributed by atoms with Crippen molar-refractivity contribution in [3.05, 3.63) is 73.1 Å². The van der Waals surface area contributed by atoms with Crippen LogP contribution in [0.5, 0.6) is 11.8 Å². The van der Waals surface area contributed by atoms with E-state index in [1.165, 1.54) is 12.4 Å². The number of carbonyl (C=O) groups excluding carboxylic acids is 2. The second-order valence-corrected chi connectivity index (χ2v) is 7.31. The lowest BCUT2D eigenvalue weighted by atomic mass is 9.95. The average molecular weight is 445 g/mol. The molecule has 0 saturated carbocycles. The fourth-order valence-electron chi connectivity index (χ4n) is 3.28. The van der Waals surface area contributed by atoms with Gasteiger partial charge in [0, 0.05) is 29.6 Å². The predicted molar refractivity (Wildman–Crippen MR) is 119 cm³/mol. The van der Waals surface area contributed by atoms with Crippen LogP contribution in [0.15, 0.2) is 73.1 Å². The third kappa shape index (κ3) is 4.48. The number of hydrogen-bond donors (Lipinski definition) is 2. The molecule has 0 spiro atoms. The van der Waals surface area contributed by atoms with Crippen molar-refractivity contribution < 1.29 is 29.0 Å². The van der Waals surface area contributed by atoms with E-state index in [0.717, 1.165) is 10.8 Å². The normalized spacial score (nSPS) is 12.8. The van der Waals surface area contributed by atoms with Crippen LogP contribution in [0.1, 0.15) is 12.8 Å². The van der Waals surface area contributed by atoms with E-state index in [0.29, 0.717) is 10.8 Å². The topological polar surface area (TPSA) is 142 Å². The van der Waals surface area contributed by atoms with Gasteiger partial charge in [-0.15, -0.1) is 0 Å². The molecule has 9 nitrogen and oxygen atoms in total. The predicted octanol–water partition coefficient (Wildman–Crippen LogP) is 2.86. The highest BCUT2D eigenvalue weighted by atomic mass is 16.6. The molecule has 9 heteroatoms. The Labute approximate surface area is 187 Å². The molecule has 0 saturated heterocycles. The molecule has 0 amide bonds. The van der Waals surface area contributed by atoms with Crippen LogP contribution in [0.4, 0.5) is 0 Å². The van der Waals surface area contributed by atoms with Crippen molar-refractivity contribution in [1.29, 1.82) is 0 Å². The third-order valence-corrected chi connectivity index (χ3v) is 5.14. The van der Waals surface area contributed by atoms with Crippen LogP contribution in [0.25, 0.3) is 21.5 Å². The molecule has 2 aromatic carbocycles. The van der Waals surface area contributed by atoms with Gasteiger partial charge in [-0.25, -0.2) is 19.6 Å². The van der Waals surface area contributed by atoms with Crippen molar-refractivity contribution in [3.63, 3.8) is 0 Å². The Hall–Kier alpha value is -4.37. The van der Waals surface area contributed by atoms with Crippen LogP contribution in [0.2, 0.25) is 0 Å². The van der Waals surface area contributed by atoms with Crippen LogP contribution in [0.3, 0.4) is 0 Å². The molecule has 4 aromatic rings. The summed E-state index contributed by atoms with van der Waals surface area (Å²) in [5, 5.41) is 12.3. The van der Waals surface area contributed by atoms with Crippen LogP contribution in [-0.4, -0.2) is 38.5 Å². The lowest BCUT2D eigenvalue weighted by Gasteiger charge is -2.22. The summed E-state index contributed by atoms with van der Waals surface area (Å²) in [6.45, 7) is 0. The molecule has 33 heavy (non-hydrogen) atoms. The van der Waals surface area contributed by atoms with Crippen molar-refractivity contribution in [1.82, 2.24) is 9.97 Å². The number of benzene rings is 2. The lowest BCUT2D eigenvalue weighted by Crippen LogP contribution is -2.57. The third-order valence-electron chi connectivity index (χ3n) is 5.14. The summed E-state index contributed by atoms with van der Waals surface area (Å²) in [6.07, 6.45) is 1.92. The smallest absolute Gasteiger partial charge is 0.344 e. The number of fused-ring (bicyclic) bond motifs is 2. The van der Waals surface area contributed by atoms with E-state index in [1.807, 2.05) is 12.1 Å². The number of carboxylic acids is 1. The zero-order valence-electron chi connectivity index (χ0n) is 17.3. The molecule has 166 valence electrons. The van der Waals surface area contributed by atoms with E-state index in [-0.39, 0.29) is 11.8 Å². The van der Waals surface area contributed by atoms with Crippen molar-refractivity contribution in [3.8, 4) is 11.8 Å². The summed E-state index contributed by atoms with van der Waals surface area (Å²) in [4.78, 5) is 45.1. The number of rotatable bonds is 7. The SMILES string of the molecule is N[C@](CCC(=O)Oc1nccc2ccccc12)(C(=O)O)C(=O)Oc1nccc2ccccc12. The summed E-state index contributed by atoms with van der Waals surface area (Å²) in [5.74, 6) is -3.65. The maximum absolute atomic E-state index is 12.7. The monoisotopic (exact) mass is 445 g/mol. The van der Waals surface area contributed by atoms with Crippen molar-refractivity contribution in [2.24, 2.45) is 5.73 Å². The maximum atomic E-state index is 12.7. The van der Waals surface area contributed by atoms with Gasteiger partial charge in [0.15, 0.2) is 0 Å². The van der Waals surface area contributed by atoms with Gasteiger partial charge in [-0.3, -0.25) is 4.79 Å². The van der Waals surface area contributed by atoms with Gasteiger partial charge in [0.1, 0.15) is 0 Å². The molecule has 3 N–H and O–H groups in total. The first-order valence-corrected chi connectivity index (χ1v) is 10.0. The van der Waals surface area contributed by atoms with Gasteiger partial charge in [-0.05, 0) is 41.5 Å². The number of aliphatic carboxylic acids is 1. The first-order chi connectivity index (χ1) is 15.9. The number of esters is 2. The minimum absolute atomic E-state index is 0.0725. The largest absolute Gasteiger partial charge is 0.479 e. The molecular weight excluding hydrogens is 426 g/mol. The summed E-state index contributed by atoms with van der Waals surface area (Å²) < 4.78 is 10.5. The average Bonchev–Trinajstić information content (AvgIpc) is 2.83. The molecular formula is C24H19N3O6. The number of nitrogens with zero attached hydrogens (tertiary/aromatic N) is 2. The Kier molecular flexibility index (Phi) is 5.97. The number of carboxylic acid groups (broad SMARTS) is 1. The van der Waals surface area contributed by atoms with Crippen LogP contribution < -0.4 is 15.2 Å². The number of pyridine rings is 2. The standard InChI is InChI=1S/C24H19N3O6/c25-24(22(29)30,23(31)33-21-18-8-4-2-6-16(18)11-14-27-21)12-9-19(28)32-20-17-7-3-1-5-15(17)10-13-26-20/h1-8,10-11,13-14H,9,12,25H2,(H,29,30)/t24-/m1/s1. The number of carbonyl (C=O) groups is 3. The van der Waals surface area contributed by atoms with Gasteiger partial charge in [0.05, 0.1) is 0 Å². The summed E-state index contributed by atoms with van der Waals surface area (Å²) in [7, 11) is 0. The van der Waals surface area contributed by atoms with E-state index in [1.54, 1.807) is 48.5 Å². The van der Waals surface area contributed by atoms with Gasteiger partial charge in [0.2, 0.25) is 17.3 Å². The Morgan fingerprint density at radius 1 is 0.818 bits per heavy atom. The molecule has 4 rings (SSSR count). The zero-order chi connectivity index (χ0) is 23.4. The summed E-state index contributed by atoms with van der Waals surface area (Å²) >= 11 is 0. The molecule has 2 heterocycles. The second-order valence-electron chi connectivity index (χ2n) is 7.31. The number of aromatic nitrogens is 2. The highest BCUT2D eigenvalue weighted by Gasteiger charge is 2.45. The lowest BCUT2D eigenvalue weighted by molar-refractivity contribution is -0.156. The molecule has 0 radical (unpaired) electrons. The molecule has 0 aliphatic carbocycles. The molecule has 0 unspecified atom stereocenters. The van der Waals surface area contributed by atoms with Gasteiger partial charge in [-0.1, -0.05) is 36.4 Å². The molecule has 0 bridgehead atoms. The highest BCUT2D eigenvalue weighted by Crippen LogP contribution is 2.26. The van der Waals surface area contributed by atoms with Crippen molar-refractivity contribution in [2.45, 2.75) is 18.4 Å². The zero-order valence-corrected chi connectivity index (χ0v) is 17.3. The molecule has 0 aliphatic rings. The Balaban J connectivity index is 1.48. The fourth-order valence-corrected chi connectivity index (χ4v) is 3.28. The Morgan fingerprint density at radius 3 is 1.88 bits per heavy atom. The number of ether oxygens (including phenoxy) is 2. The van der Waals surface area contributed by atoms with Gasteiger partial charge in [0.25, 0.3) is 0 Å². The van der Waals surface area contributed by atoms with Crippen molar-refractivity contribution in [2.75, 3.05) is 0 Å². The quantitative estimate of drug-likeness (QED) is 0.324. The second kappa shape index (κ2) is 9.01. The van der Waals surface area contributed by atoms with Gasteiger partial charge < -0.3 is 20.3 Å². The summed E-state index contributed by atoms with van der Waals surface area (Å²) in [5.41, 5.74) is 3.40. The van der Waals surface area contributed by atoms with Crippen LogP contribution in [-0.2, 0) is 14.4 Å². The van der Waals surface area contributed by atoms with E-state index in [2.05, 4.69) is 9.97 Å². The fraction of sp³-hybridized carbons (Fsp3) is 0.125. The first kappa shape index (κ1) is 21.8. The summed E-state index contributed by atoms with van der Waals surface area (Å²) in [6, 6.07) is 17.7. The molecule has 0 aliphatic heterocycles. The number of hydrogen-bond acceptors (Lipinski definition) is 8. The first-order valence-electron chi connectivity index (χ1n) is 10.0. The molecule has 1 atom stereocenters. The van der Waals surface area contributed by atoms with E-state index >= 15 is 0 Å². The van der Waals surface area contributed by atoms with E-state index in [4.69, 9.17) is 15.2 Å². The van der Waals surface area contributed by atoms with Gasteiger partial charge >= 0.3 is 17.9 Å². The van der Waals surface area contributed by atoms with E-state index < -0.39 is 36.3 Å². The Morgan fingerprint density at radius 2 is 1.33 bits per heavy atom. The van der Waals surface area contributed by atoms with Crippen molar-refractivity contribution >= 4 is 39.5 Å². The minimum atomic E-state index is -2.48. The van der Waals surface area contributed by atoms with Crippen LogP contribution >= 0.6 is 0 Å². The van der Waals surface area contributed by atoms with Crippen LogP contribution in [0, 0.1) is 0 Å². The Bertz CT molecular complexity index is 1360. The maximum Gasteiger partial charge on any atom is 0.344 e.